The third-order valence-corrected chi connectivity index (χ3v) is 3.31. The van der Waals surface area contributed by atoms with E-state index in [1.54, 1.807) is 0 Å². The zero-order chi connectivity index (χ0) is 14.9. The van der Waals surface area contributed by atoms with Gasteiger partial charge in [-0.25, -0.2) is 13.2 Å². The topological polar surface area (TPSA) is 29.1 Å². The fourth-order valence-corrected chi connectivity index (χ4v) is 2.36. The molecule has 0 aliphatic carbocycles. The molecule has 0 unspecified atom stereocenters. The van der Waals surface area contributed by atoms with E-state index >= 15 is 0 Å². The van der Waals surface area contributed by atoms with Crippen LogP contribution in [-0.4, -0.2) is 5.91 Å². The minimum atomic E-state index is -1.59. The number of benzene rings is 2. The van der Waals surface area contributed by atoms with Gasteiger partial charge in [-0.3, -0.25) is 4.79 Å². The summed E-state index contributed by atoms with van der Waals surface area (Å²) in [5, 5.41) is 2.69. The first-order chi connectivity index (χ1) is 9.38. The molecule has 0 heterocycles. The number of hydrogen-bond donors (Lipinski definition) is 1. The molecule has 0 aliphatic rings. The molecule has 0 aliphatic heterocycles. The van der Waals surface area contributed by atoms with Gasteiger partial charge in [-0.2, -0.15) is 0 Å². The molecular weight excluding hydrogens is 358 g/mol. The molecule has 0 fully saturated rings. The highest BCUT2D eigenvalue weighted by molar-refractivity contribution is 9.10. The average molecular weight is 365 g/mol. The minimum absolute atomic E-state index is 0.187. The molecule has 2 aromatic carbocycles. The normalized spacial score (nSPS) is 10.4. The van der Waals surface area contributed by atoms with Crippen molar-refractivity contribution in [1.29, 1.82) is 0 Å². The second kappa shape index (κ2) is 5.85. The van der Waals surface area contributed by atoms with Gasteiger partial charge < -0.3 is 5.32 Å². The number of carbonyl (C=O) groups excluding carboxylic acids is 1. The predicted octanol–water partition coefficient (Wildman–Crippen LogP) is 4.77. The SMILES string of the molecule is O=C(Nc1cc(F)c(F)c(F)c1)c1ccc(Cl)cc1Br. The molecule has 0 bridgehead atoms. The van der Waals surface area contributed by atoms with Crippen molar-refractivity contribution in [2.24, 2.45) is 0 Å². The second-order valence-electron chi connectivity index (χ2n) is 3.83. The number of amides is 1. The average Bonchev–Trinajstić information content (AvgIpc) is 2.35. The standard InChI is InChI=1S/C13H6BrClF3NO/c14-9-3-6(15)1-2-8(9)13(20)19-7-4-10(16)12(18)11(17)5-7/h1-5H,(H,19,20). The summed E-state index contributed by atoms with van der Waals surface area (Å²) in [6, 6.07) is 5.83. The Morgan fingerprint density at radius 2 is 1.70 bits per heavy atom. The van der Waals surface area contributed by atoms with E-state index in [1.807, 2.05) is 0 Å². The lowest BCUT2D eigenvalue weighted by Gasteiger charge is -2.08. The first-order valence-corrected chi connectivity index (χ1v) is 6.46. The van der Waals surface area contributed by atoms with Crippen LogP contribution in [0.5, 0.6) is 0 Å². The van der Waals surface area contributed by atoms with E-state index in [0.717, 1.165) is 0 Å². The van der Waals surface area contributed by atoms with Crippen molar-refractivity contribution >= 4 is 39.1 Å². The van der Waals surface area contributed by atoms with E-state index in [9.17, 15) is 18.0 Å². The van der Waals surface area contributed by atoms with Crippen molar-refractivity contribution in [3.63, 3.8) is 0 Å². The van der Waals surface area contributed by atoms with Crippen LogP contribution in [0.15, 0.2) is 34.8 Å². The van der Waals surface area contributed by atoms with Gasteiger partial charge in [-0.15, -0.1) is 0 Å². The van der Waals surface area contributed by atoms with Gasteiger partial charge in [0.1, 0.15) is 0 Å². The van der Waals surface area contributed by atoms with Crippen LogP contribution in [-0.2, 0) is 0 Å². The Balaban J connectivity index is 2.28. The lowest BCUT2D eigenvalue weighted by molar-refractivity contribution is 0.102. The number of hydrogen-bond acceptors (Lipinski definition) is 1. The minimum Gasteiger partial charge on any atom is -0.322 e. The van der Waals surface area contributed by atoms with E-state index in [0.29, 0.717) is 21.6 Å². The van der Waals surface area contributed by atoms with Crippen LogP contribution < -0.4 is 5.32 Å². The van der Waals surface area contributed by atoms with Gasteiger partial charge in [0.05, 0.1) is 5.56 Å². The van der Waals surface area contributed by atoms with Crippen molar-refractivity contribution in [2.75, 3.05) is 5.32 Å². The lowest BCUT2D eigenvalue weighted by atomic mass is 10.2. The van der Waals surface area contributed by atoms with Crippen LogP contribution >= 0.6 is 27.5 Å². The molecule has 0 saturated carbocycles. The van der Waals surface area contributed by atoms with Crippen LogP contribution in [0.1, 0.15) is 10.4 Å². The van der Waals surface area contributed by atoms with Gasteiger partial charge in [0.15, 0.2) is 17.5 Å². The van der Waals surface area contributed by atoms with Crippen molar-refractivity contribution in [3.05, 3.63) is 62.8 Å². The quantitative estimate of drug-likeness (QED) is 0.764. The van der Waals surface area contributed by atoms with E-state index in [4.69, 9.17) is 11.6 Å². The summed E-state index contributed by atoms with van der Waals surface area (Å²) >= 11 is 8.89. The van der Waals surface area contributed by atoms with Gasteiger partial charge in [0.25, 0.3) is 5.91 Å². The first-order valence-electron chi connectivity index (χ1n) is 5.29. The van der Waals surface area contributed by atoms with Crippen molar-refractivity contribution in [1.82, 2.24) is 0 Å². The summed E-state index contributed by atoms with van der Waals surface area (Å²) in [5.41, 5.74) is 0.0350. The highest BCUT2D eigenvalue weighted by atomic mass is 79.9. The first kappa shape index (κ1) is 14.9. The third-order valence-electron chi connectivity index (χ3n) is 2.42. The fraction of sp³-hybridized carbons (Fsp3) is 0. The molecule has 0 aromatic heterocycles. The number of anilines is 1. The largest absolute Gasteiger partial charge is 0.322 e. The van der Waals surface area contributed by atoms with Crippen LogP contribution in [0.4, 0.5) is 18.9 Å². The maximum atomic E-state index is 13.0. The number of carbonyl (C=O) groups is 1. The molecule has 0 saturated heterocycles. The molecule has 0 atom stereocenters. The second-order valence-corrected chi connectivity index (χ2v) is 5.12. The summed E-state index contributed by atoms with van der Waals surface area (Å²) in [6.45, 7) is 0. The number of nitrogens with one attached hydrogen (secondary N) is 1. The highest BCUT2D eigenvalue weighted by Gasteiger charge is 2.14. The Morgan fingerprint density at radius 1 is 1.10 bits per heavy atom. The zero-order valence-corrected chi connectivity index (χ0v) is 12.0. The van der Waals surface area contributed by atoms with E-state index in [-0.39, 0.29) is 11.3 Å². The van der Waals surface area contributed by atoms with Crippen molar-refractivity contribution in [3.8, 4) is 0 Å². The monoisotopic (exact) mass is 363 g/mol. The summed E-state index contributed by atoms with van der Waals surface area (Å²) in [6.07, 6.45) is 0. The molecule has 104 valence electrons. The molecular formula is C13H6BrClF3NO. The maximum Gasteiger partial charge on any atom is 0.256 e. The highest BCUT2D eigenvalue weighted by Crippen LogP contribution is 2.23. The van der Waals surface area contributed by atoms with E-state index in [2.05, 4.69) is 21.2 Å². The van der Waals surface area contributed by atoms with E-state index in [1.165, 1.54) is 18.2 Å². The lowest BCUT2D eigenvalue weighted by Crippen LogP contribution is -2.13. The molecule has 7 heteroatoms. The van der Waals surface area contributed by atoms with Crippen molar-refractivity contribution < 1.29 is 18.0 Å². The number of halogens is 5. The Morgan fingerprint density at radius 3 is 2.25 bits per heavy atom. The molecule has 0 spiro atoms. The van der Waals surface area contributed by atoms with Crippen LogP contribution in [0.25, 0.3) is 0 Å². The summed E-state index contributed by atoms with van der Waals surface area (Å²) in [5.74, 6) is -4.96. The molecule has 1 N–H and O–H groups in total. The van der Waals surface area contributed by atoms with Gasteiger partial charge in [-0.05, 0) is 34.1 Å². The summed E-state index contributed by atoms with van der Waals surface area (Å²) in [4.78, 5) is 11.9. The van der Waals surface area contributed by atoms with Crippen LogP contribution in [0.3, 0.4) is 0 Å². The summed E-state index contributed by atoms with van der Waals surface area (Å²) in [7, 11) is 0. The molecule has 0 radical (unpaired) electrons. The Bertz CT molecular complexity index is 670. The molecule has 2 nitrogen and oxygen atoms in total. The van der Waals surface area contributed by atoms with Gasteiger partial charge >= 0.3 is 0 Å². The Labute approximate surface area is 125 Å². The third kappa shape index (κ3) is 3.13. The fourth-order valence-electron chi connectivity index (χ4n) is 1.50. The smallest absolute Gasteiger partial charge is 0.256 e. The molecule has 1 amide bonds. The molecule has 2 aromatic rings. The van der Waals surface area contributed by atoms with Crippen molar-refractivity contribution in [2.45, 2.75) is 0 Å². The molecule has 20 heavy (non-hydrogen) atoms. The van der Waals surface area contributed by atoms with Gasteiger partial charge in [-0.1, -0.05) is 11.6 Å². The zero-order valence-electron chi connectivity index (χ0n) is 9.68. The Kier molecular flexibility index (Phi) is 4.35. The summed E-state index contributed by atoms with van der Waals surface area (Å²) < 4.78 is 39.3. The Hall–Kier alpha value is -1.53. The predicted molar refractivity (Wildman–Crippen MR) is 73.4 cm³/mol. The van der Waals surface area contributed by atoms with Crippen LogP contribution in [0.2, 0.25) is 5.02 Å². The van der Waals surface area contributed by atoms with Gasteiger partial charge in [0, 0.05) is 27.3 Å². The van der Waals surface area contributed by atoms with E-state index < -0.39 is 23.4 Å². The molecule has 2 rings (SSSR count). The number of rotatable bonds is 2. The maximum absolute atomic E-state index is 13.0. The van der Waals surface area contributed by atoms with Gasteiger partial charge in [0.2, 0.25) is 0 Å². The van der Waals surface area contributed by atoms with Crippen LogP contribution in [0, 0.1) is 17.5 Å².